The largest absolute Gasteiger partial charge is 0.337 e. The van der Waals surface area contributed by atoms with E-state index >= 15 is 0 Å². The van der Waals surface area contributed by atoms with Crippen molar-refractivity contribution in [3.8, 4) is 0 Å². The Morgan fingerprint density at radius 1 is 1.33 bits per heavy atom. The summed E-state index contributed by atoms with van der Waals surface area (Å²) >= 11 is 0. The summed E-state index contributed by atoms with van der Waals surface area (Å²) < 4.78 is 26.2. The van der Waals surface area contributed by atoms with Gasteiger partial charge in [-0.2, -0.15) is 0 Å². The van der Waals surface area contributed by atoms with Crippen LogP contribution >= 0.6 is 0 Å². The zero-order chi connectivity index (χ0) is 15.5. The van der Waals surface area contributed by atoms with Crippen LogP contribution < -0.4 is 5.32 Å². The van der Waals surface area contributed by atoms with E-state index in [0.29, 0.717) is 18.7 Å². The number of hydrogen-bond acceptors (Lipinski definition) is 2. The molecule has 21 heavy (non-hydrogen) atoms. The molecule has 1 aromatic rings. The summed E-state index contributed by atoms with van der Waals surface area (Å²) in [4.78, 5) is 14.4. The molecule has 1 aliphatic heterocycles. The minimum atomic E-state index is -0.877. The number of benzene rings is 1. The topological polar surface area (TPSA) is 32.3 Å². The molecule has 1 saturated heterocycles. The quantitative estimate of drug-likeness (QED) is 0.926. The number of hydrogen-bond donors (Lipinski definition) is 1. The van der Waals surface area contributed by atoms with Crippen molar-refractivity contribution in [2.75, 3.05) is 13.1 Å². The van der Waals surface area contributed by atoms with Gasteiger partial charge in [-0.3, -0.25) is 4.79 Å². The first-order chi connectivity index (χ1) is 9.96. The van der Waals surface area contributed by atoms with Crippen molar-refractivity contribution in [1.29, 1.82) is 0 Å². The number of rotatable bonds is 4. The summed E-state index contributed by atoms with van der Waals surface area (Å²) in [5.41, 5.74) is 0.0517. The second-order valence-electron chi connectivity index (χ2n) is 5.78. The zero-order valence-electron chi connectivity index (χ0n) is 12.6. The summed E-state index contributed by atoms with van der Waals surface area (Å²) in [6.45, 7) is 5.48. The molecule has 1 aromatic carbocycles. The fourth-order valence-electron chi connectivity index (χ4n) is 2.77. The van der Waals surface area contributed by atoms with Crippen molar-refractivity contribution in [2.45, 2.75) is 45.2 Å². The lowest BCUT2D eigenvalue weighted by Crippen LogP contribution is -2.57. The molecule has 0 aliphatic carbocycles. The van der Waals surface area contributed by atoms with Crippen molar-refractivity contribution in [1.82, 2.24) is 10.2 Å². The third-order valence-corrected chi connectivity index (χ3v) is 4.12. The fraction of sp³-hybridized carbons (Fsp3) is 0.562. The molecule has 1 amide bonds. The standard InChI is InChI=1S/C16H22F2N2O/c1-3-20(11-12-6-7-13(17)14(18)10-12)15(21)16(2)8-4-5-9-19-16/h6-7,10,19H,3-5,8-9,11H2,1-2H3. The van der Waals surface area contributed by atoms with Gasteiger partial charge in [0.25, 0.3) is 0 Å². The van der Waals surface area contributed by atoms with Gasteiger partial charge in [0.1, 0.15) is 0 Å². The van der Waals surface area contributed by atoms with E-state index in [1.807, 2.05) is 13.8 Å². The normalized spacial score (nSPS) is 22.1. The van der Waals surface area contributed by atoms with Crippen LogP contribution in [0.1, 0.15) is 38.7 Å². The second kappa shape index (κ2) is 6.52. The van der Waals surface area contributed by atoms with Crippen LogP contribution in [0.25, 0.3) is 0 Å². The van der Waals surface area contributed by atoms with Gasteiger partial charge in [-0.15, -0.1) is 0 Å². The Kier molecular flexibility index (Phi) is 4.93. The molecule has 1 heterocycles. The summed E-state index contributed by atoms with van der Waals surface area (Å²) in [5, 5.41) is 3.29. The molecule has 1 atom stereocenters. The van der Waals surface area contributed by atoms with Gasteiger partial charge in [-0.05, 0) is 57.4 Å². The van der Waals surface area contributed by atoms with Crippen LogP contribution in [0.4, 0.5) is 8.78 Å². The second-order valence-corrected chi connectivity index (χ2v) is 5.78. The SMILES string of the molecule is CCN(Cc1ccc(F)c(F)c1)C(=O)C1(C)CCCCN1. The summed E-state index contributed by atoms with van der Waals surface area (Å²) in [7, 11) is 0. The average Bonchev–Trinajstić information content (AvgIpc) is 2.48. The molecular formula is C16H22F2N2O. The van der Waals surface area contributed by atoms with Crippen LogP contribution in [0, 0.1) is 11.6 Å². The summed E-state index contributed by atoms with van der Waals surface area (Å²) in [5.74, 6) is -1.72. The molecule has 2 rings (SSSR count). The molecule has 0 aromatic heterocycles. The van der Waals surface area contributed by atoms with Crippen molar-refractivity contribution >= 4 is 5.91 Å². The molecule has 0 bridgehead atoms. The highest BCUT2D eigenvalue weighted by atomic mass is 19.2. The number of carbonyl (C=O) groups is 1. The maximum Gasteiger partial charge on any atom is 0.242 e. The monoisotopic (exact) mass is 296 g/mol. The van der Waals surface area contributed by atoms with Gasteiger partial charge in [0, 0.05) is 13.1 Å². The maximum atomic E-state index is 13.3. The molecule has 0 saturated carbocycles. The lowest BCUT2D eigenvalue weighted by molar-refractivity contribution is -0.139. The van der Waals surface area contributed by atoms with Gasteiger partial charge < -0.3 is 10.2 Å². The van der Waals surface area contributed by atoms with Crippen LogP contribution in [0.15, 0.2) is 18.2 Å². The van der Waals surface area contributed by atoms with E-state index in [4.69, 9.17) is 0 Å². The summed E-state index contributed by atoms with van der Waals surface area (Å²) in [6, 6.07) is 3.77. The molecule has 116 valence electrons. The predicted octanol–water partition coefficient (Wildman–Crippen LogP) is 2.85. The van der Waals surface area contributed by atoms with E-state index in [2.05, 4.69) is 5.32 Å². The molecule has 1 N–H and O–H groups in total. The van der Waals surface area contributed by atoms with E-state index < -0.39 is 17.2 Å². The molecule has 0 radical (unpaired) electrons. The summed E-state index contributed by atoms with van der Waals surface area (Å²) in [6.07, 6.45) is 2.91. The van der Waals surface area contributed by atoms with Gasteiger partial charge >= 0.3 is 0 Å². The Bertz CT molecular complexity index is 513. The number of likely N-dealkylation sites (N-methyl/N-ethyl adjacent to an activating group) is 1. The maximum absolute atomic E-state index is 13.3. The highest BCUT2D eigenvalue weighted by Gasteiger charge is 2.36. The molecule has 1 unspecified atom stereocenters. The lowest BCUT2D eigenvalue weighted by atomic mass is 9.89. The number of nitrogens with one attached hydrogen (secondary N) is 1. The molecule has 5 heteroatoms. The third-order valence-electron chi connectivity index (χ3n) is 4.12. The van der Waals surface area contributed by atoms with E-state index in [0.717, 1.165) is 37.9 Å². The fourth-order valence-corrected chi connectivity index (χ4v) is 2.77. The van der Waals surface area contributed by atoms with E-state index in [1.165, 1.54) is 6.07 Å². The Balaban J connectivity index is 2.11. The number of carbonyl (C=O) groups excluding carboxylic acids is 1. The van der Waals surface area contributed by atoms with Crippen LogP contribution in [0.3, 0.4) is 0 Å². The van der Waals surface area contributed by atoms with Crippen LogP contribution in [-0.4, -0.2) is 29.4 Å². The van der Waals surface area contributed by atoms with Gasteiger partial charge in [-0.1, -0.05) is 6.07 Å². The molecule has 3 nitrogen and oxygen atoms in total. The molecule has 1 fully saturated rings. The number of halogens is 2. The predicted molar refractivity (Wildman–Crippen MR) is 77.7 cm³/mol. The number of nitrogens with zero attached hydrogens (tertiary/aromatic N) is 1. The highest BCUT2D eigenvalue weighted by Crippen LogP contribution is 2.22. The Hall–Kier alpha value is -1.49. The van der Waals surface area contributed by atoms with Crippen molar-refractivity contribution in [3.63, 3.8) is 0 Å². The minimum Gasteiger partial charge on any atom is -0.337 e. The van der Waals surface area contributed by atoms with Crippen molar-refractivity contribution in [2.24, 2.45) is 0 Å². The Labute approximate surface area is 124 Å². The van der Waals surface area contributed by atoms with Crippen LogP contribution in [-0.2, 0) is 11.3 Å². The molecular weight excluding hydrogens is 274 g/mol. The highest BCUT2D eigenvalue weighted by molar-refractivity contribution is 5.86. The third kappa shape index (κ3) is 3.59. The first-order valence-corrected chi connectivity index (χ1v) is 7.44. The Morgan fingerprint density at radius 3 is 2.67 bits per heavy atom. The first kappa shape index (κ1) is 15.9. The van der Waals surface area contributed by atoms with Gasteiger partial charge in [-0.25, -0.2) is 8.78 Å². The zero-order valence-corrected chi connectivity index (χ0v) is 12.6. The van der Waals surface area contributed by atoms with E-state index in [9.17, 15) is 13.6 Å². The first-order valence-electron chi connectivity index (χ1n) is 7.44. The van der Waals surface area contributed by atoms with Crippen molar-refractivity contribution < 1.29 is 13.6 Å². The smallest absolute Gasteiger partial charge is 0.242 e. The van der Waals surface area contributed by atoms with Gasteiger partial charge in [0.15, 0.2) is 11.6 Å². The lowest BCUT2D eigenvalue weighted by Gasteiger charge is -2.37. The van der Waals surface area contributed by atoms with Gasteiger partial charge in [0.05, 0.1) is 5.54 Å². The molecule has 0 spiro atoms. The average molecular weight is 296 g/mol. The Morgan fingerprint density at radius 2 is 2.10 bits per heavy atom. The molecule has 1 aliphatic rings. The minimum absolute atomic E-state index is 0.0226. The van der Waals surface area contributed by atoms with Crippen LogP contribution in [0.2, 0.25) is 0 Å². The van der Waals surface area contributed by atoms with E-state index in [-0.39, 0.29) is 5.91 Å². The van der Waals surface area contributed by atoms with Gasteiger partial charge in [0.2, 0.25) is 5.91 Å². The van der Waals surface area contributed by atoms with E-state index in [1.54, 1.807) is 4.90 Å². The number of piperidine rings is 1. The number of amides is 1. The van der Waals surface area contributed by atoms with Crippen LogP contribution in [0.5, 0.6) is 0 Å². The van der Waals surface area contributed by atoms with Crippen molar-refractivity contribution in [3.05, 3.63) is 35.4 Å².